The molecule has 2 atom stereocenters. The van der Waals surface area contributed by atoms with Gasteiger partial charge in [0.05, 0.1) is 16.1 Å². The van der Waals surface area contributed by atoms with Gasteiger partial charge in [-0.1, -0.05) is 48.3 Å². The summed E-state index contributed by atoms with van der Waals surface area (Å²) >= 11 is 1.50. The Labute approximate surface area is 180 Å². The number of nitrogens with one attached hydrogen (secondary N) is 2. The molecule has 0 bridgehead atoms. The van der Waals surface area contributed by atoms with Crippen LogP contribution in [0, 0.1) is 11.8 Å². The topological polar surface area (TPSA) is 66.9 Å². The maximum absolute atomic E-state index is 13.0. The lowest BCUT2D eigenvalue weighted by Crippen LogP contribution is -2.29. The number of nitrogens with zero attached hydrogens (tertiary/aromatic N) is 2. The number of benzene rings is 1. The lowest BCUT2D eigenvalue weighted by molar-refractivity contribution is -0.120. The van der Waals surface area contributed by atoms with Crippen LogP contribution >= 0.6 is 11.3 Å². The Balaban J connectivity index is 1.49. The largest absolute Gasteiger partial charge is 0.315 e. The third kappa shape index (κ3) is 4.40. The van der Waals surface area contributed by atoms with Crippen molar-refractivity contribution < 1.29 is 4.79 Å². The van der Waals surface area contributed by atoms with Crippen LogP contribution in [0.2, 0.25) is 0 Å². The fourth-order valence-electron chi connectivity index (χ4n) is 3.66. The van der Waals surface area contributed by atoms with Gasteiger partial charge in [0.2, 0.25) is 5.91 Å². The fraction of sp³-hybridized carbons (Fsp3) is 0.208. The molecule has 1 aliphatic heterocycles. The van der Waals surface area contributed by atoms with Gasteiger partial charge in [0, 0.05) is 31.4 Å². The molecule has 5 nitrogen and oxygen atoms in total. The lowest BCUT2D eigenvalue weighted by atomic mass is 9.88. The molecule has 152 valence electrons. The molecule has 0 aliphatic carbocycles. The van der Waals surface area contributed by atoms with E-state index in [0.717, 1.165) is 33.5 Å². The standard InChI is InChI=1S/C24H24N4OS/c1-3-4-5-6-16(2)19-14-26-15-20(19)23(29)28-24-27-21-8-7-18(13-22(21)30-24)17-9-11-25-12-10-17/h3-13,19-20,26H,2,14-15H2,1H3,(H,27,28,29). The Morgan fingerprint density at radius 1 is 1.17 bits per heavy atom. The molecule has 6 heteroatoms. The quantitative estimate of drug-likeness (QED) is 0.565. The molecular formula is C24H24N4OS. The van der Waals surface area contributed by atoms with Gasteiger partial charge in [0.15, 0.2) is 5.13 Å². The van der Waals surface area contributed by atoms with Crippen molar-refractivity contribution in [2.24, 2.45) is 11.8 Å². The zero-order chi connectivity index (χ0) is 20.9. The summed E-state index contributed by atoms with van der Waals surface area (Å²) in [6.45, 7) is 7.53. The van der Waals surface area contributed by atoms with E-state index in [1.54, 1.807) is 12.4 Å². The minimum atomic E-state index is -0.160. The molecule has 3 heterocycles. The fourth-order valence-corrected chi connectivity index (χ4v) is 4.57. The molecule has 2 N–H and O–H groups in total. The third-order valence-electron chi connectivity index (χ3n) is 5.27. The smallest absolute Gasteiger partial charge is 0.231 e. The van der Waals surface area contributed by atoms with E-state index in [0.29, 0.717) is 11.7 Å². The molecule has 4 rings (SSSR count). The second kappa shape index (κ2) is 9.15. The van der Waals surface area contributed by atoms with Crippen molar-refractivity contribution in [3.05, 3.63) is 79.2 Å². The van der Waals surface area contributed by atoms with Gasteiger partial charge in [0.1, 0.15) is 0 Å². The molecule has 0 radical (unpaired) electrons. The van der Waals surface area contributed by atoms with Crippen LogP contribution in [0.1, 0.15) is 6.92 Å². The first kappa shape index (κ1) is 20.2. The molecule has 0 saturated carbocycles. The van der Waals surface area contributed by atoms with E-state index in [1.165, 1.54) is 11.3 Å². The van der Waals surface area contributed by atoms with Gasteiger partial charge in [-0.3, -0.25) is 9.78 Å². The van der Waals surface area contributed by atoms with Gasteiger partial charge in [-0.15, -0.1) is 0 Å². The first-order valence-corrected chi connectivity index (χ1v) is 10.8. The van der Waals surface area contributed by atoms with E-state index in [9.17, 15) is 4.79 Å². The number of fused-ring (bicyclic) bond motifs is 1. The van der Waals surface area contributed by atoms with E-state index in [4.69, 9.17) is 0 Å². The first-order chi connectivity index (χ1) is 14.7. The average Bonchev–Trinajstić information content (AvgIpc) is 3.40. The highest BCUT2D eigenvalue weighted by molar-refractivity contribution is 7.22. The maximum atomic E-state index is 13.0. The van der Waals surface area contributed by atoms with Gasteiger partial charge < -0.3 is 10.6 Å². The first-order valence-electron chi connectivity index (χ1n) is 9.96. The van der Waals surface area contributed by atoms with E-state index in [-0.39, 0.29) is 17.7 Å². The van der Waals surface area contributed by atoms with Crippen molar-refractivity contribution in [1.82, 2.24) is 15.3 Å². The maximum Gasteiger partial charge on any atom is 0.231 e. The minimum Gasteiger partial charge on any atom is -0.315 e. The highest BCUT2D eigenvalue weighted by Gasteiger charge is 2.34. The number of allylic oxidation sites excluding steroid dienone is 4. The number of aromatic nitrogens is 2. The van der Waals surface area contributed by atoms with E-state index in [2.05, 4.69) is 33.2 Å². The van der Waals surface area contributed by atoms with Crippen molar-refractivity contribution in [1.29, 1.82) is 0 Å². The van der Waals surface area contributed by atoms with Crippen LogP contribution in [0.5, 0.6) is 0 Å². The Morgan fingerprint density at radius 3 is 2.77 bits per heavy atom. The minimum absolute atomic E-state index is 0.0148. The monoisotopic (exact) mass is 416 g/mol. The number of rotatable bonds is 6. The summed E-state index contributed by atoms with van der Waals surface area (Å²) in [4.78, 5) is 21.6. The summed E-state index contributed by atoms with van der Waals surface area (Å²) in [7, 11) is 0. The number of hydrogen-bond donors (Lipinski definition) is 2. The molecule has 1 amide bonds. The predicted octanol–water partition coefficient (Wildman–Crippen LogP) is 4.82. The van der Waals surface area contributed by atoms with E-state index < -0.39 is 0 Å². The molecule has 0 spiro atoms. The molecule has 2 aromatic heterocycles. The van der Waals surface area contributed by atoms with Crippen molar-refractivity contribution in [2.75, 3.05) is 18.4 Å². The number of anilines is 1. The lowest BCUT2D eigenvalue weighted by Gasteiger charge is -2.17. The molecule has 1 saturated heterocycles. The van der Waals surface area contributed by atoms with E-state index >= 15 is 0 Å². The number of carbonyl (C=O) groups is 1. The Hall–Kier alpha value is -3.09. The van der Waals surface area contributed by atoms with Crippen LogP contribution in [0.4, 0.5) is 5.13 Å². The second-order valence-electron chi connectivity index (χ2n) is 7.26. The number of amides is 1. The Bertz CT molecular complexity index is 1120. The second-order valence-corrected chi connectivity index (χ2v) is 8.29. The molecule has 1 aliphatic rings. The highest BCUT2D eigenvalue weighted by atomic mass is 32.1. The van der Waals surface area contributed by atoms with Crippen molar-refractivity contribution >= 4 is 32.6 Å². The number of pyridine rings is 1. The van der Waals surface area contributed by atoms with E-state index in [1.807, 2.05) is 55.5 Å². The zero-order valence-electron chi connectivity index (χ0n) is 16.8. The van der Waals surface area contributed by atoms with Gasteiger partial charge in [-0.05, 0) is 47.9 Å². The molecule has 1 fully saturated rings. The Kier molecular flexibility index (Phi) is 6.16. The summed E-state index contributed by atoms with van der Waals surface area (Å²) in [6.07, 6.45) is 11.4. The number of carbonyl (C=O) groups excluding carboxylic acids is 1. The number of thiazole rings is 1. The van der Waals surface area contributed by atoms with Gasteiger partial charge in [-0.25, -0.2) is 4.98 Å². The molecular weight excluding hydrogens is 392 g/mol. The SMILES string of the molecule is C=C(C=CC=CC)C1CNCC1C(=O)Nc1nc2ccc(-c3ccncc3)cc2s1. The molecule has 30 heavy (non-hydrogen) atoms. The van der Waals surface area contributed by atoms with Gasteiger partial charge >= 0.3 is 0 Å². The van der Waals surface area contributed by atoms with Crippen LogP contribution < -0.4 is 10.6 Å². The van der Waals surface area contributed by atoms with Crippen LogP contribution in [-0.2, 0) is 4.79 Å². The van der Waals surface area contributed by atoms with Gasteiger partial charge in [-0.2, -0.15) is 0 Å². The normalized spacial score (nSPS) is 19.1. The van der Waals surface area contributed by atoms with Gasteiger partial charge in [0.25, 0.3) is 0 Å². The Morgan fingerprint density at radius 2 is 1.97 bits per heavy atom. The predicted molar refractivity (Wildman–Crippen MR) is 124 cm³/mol. The summed E-state index contributed by atoms with van der Waals surface area (Å²) in [5.74, 6) is -0.0923. The van der Waals surface area contributed by atoms with Crippen molar-refractivity contribution in [3.8, 4) is 11.1 Å². The zero-order valence-corrected chi connectivity index (χ0v) is 17.7. The van der Waals surface area contributed by atoms with Crippen molar-refractivity contribution in [2.45, 2.75) is 6.92 Å². The summed E-state index contributed by atoms with van der Waals surface area (Å²) in [6, 6.07) is 10.1. The summed E-state index contributed by atoms with van der Waals surface area (Å²) in [5, 5.41) is 6.97. The van der Waals surface area contributed by atoms with Crippen LogP contribution in [-0.4, -0.2) is 29.0 Å². The number of hydrogen-bond acceptors (Lipinski definition) is 5. The highest BCUT2D eigenvalue weighted by Crippen LogP contribution is 2.32. The van der Waals surface area contributed by atoms with Crippen molar-refractivity contribution in [3.63, 3.8) is 0 Å². The van der Waals surface area contributed by atoms with Crippen LogP contribution in [0.15, 0.2) is 79.2 Å². The third-order valence-corrected chi connectivity index (χ3v) is 6.21. The van der Waals surface area contributed by atoms with Crippen LogP contribution in [0.3, 0.4) is 0 Å². The average molecular weight is 417 g/mol. The molecule has 3 aromatic rings. The summed E-state index contributed by atoms with van der Waals surface area (Å²) in [5.41, 5.74) is 4.06. The molecule has 1 aromatic carbocycles. The molecule has 2 unspecified atom stereocenters. The summed E-state index contributed by atoms with van der Waals surface area (Å²) < 4.78 is 1.04. The van der Waals surface area contributed by atoms with Crippen LogP contribution in [0.25, 0.3) is 21.3 Å².